The van der Waals surface area contributed by atoms with E-state index in [1.54, 1.807) is 7.11 Å². The molecule has 0 radical (unpaired) electrons. The Bertz CT molecular complexity index is 990. The van der Waals surface area contributed by atoms with Crippen molar-refractivity contribution >= 4 is 7.82 Å². The molecule has 174 valence electrons. The number of rotatable bonds is 8. The van der Waals surface area contributed by atoms with Crippen molar-refractivity contribution in [3.8, 4) is 5.75 Å². The van der Waals surface area contributed by atoms with E-state index >= 15 is 0 Å². The highest BCUT2D eigenvalue weighted by Gasteiger charge is 2.38. The monoisotopic (exact) mass is 459 g/mol. The van der Waals surface area contributed by atoms with Crippen LogP contribution < -0.4 is 10.5 Å². The lowest BCUT2D eigenvalue weighted by molar-refractivity contribution is 0.153. The molecule has 4 rings (SSSR count). The second-order valence-corrected chi connectivity index (χ2v) is 10.8. The van der Waals surface area contributed by atoms with Gasteiger partial charge >= 0.3 is 7.82 Å². The molecule has 0 aliphatic heterocycles. The van der Waals surface area contributed by atoms with Crippen molar-refractivity contribution in [3.63, 3.8) is 0 Å². The first-order valence-electron chi connectivity index (χ1n) is 11.5. The molecule has 0 heterocycles. The van der Waals surface area contributed by atoms with Crippen LogP contribution >= 0.6 is 7.82 Å². The van der Waals surface area contributed by atoms with E-state index < -0.39 is 13.4 Å². The van der Waals surface area contributed by atoms with Gasteiger partial charge in [0, 0.05) is 5.54 Å². The molecule has 1 saturated carbocycles. The Morgan fingerprint density at radius 2 is 1.97 bits per heavy atom. The van der Waals surface area contributed by atoms with Crippen molar-refractivity contribution in [2.75, 3.05) is 13.7 Å². The number of para-hydroxylation sites is 1. The SMILES string of the molecule is COc1ccccc1CC[C@H]1CCc2cc([C@H]3CC[C@@](N)(COP(=O)(O)O)C3)ccc2C1. The highest BCUT2D eigenvalue weighted by molar-refractivity contribution is 7.46. The largest absolute Gasteiger partial charge is 0.496 e. The number of aryl methyl sites for hydroxylation is 2. The molecule has 0 bridgehead atoms. The van der Waals surface area contributed by atoms with Crippen molar-refractivity contribution in [1.29, 1.82) is 0 Å². The number of fused-ring (bicyclic) bond motifs is 1. The van der Waals surface area contributed by atoms with Gasteiger partial charge in [-0.05, 0) is 91.5 Å². The topological polar surface area (TPSA) is 102 Å². The Labute approximate surface area is 190 Å². The van der Waals surface area contributed by atoms with Gasteiger partial charge in [0.05, 0.1) is 13.7 Å². The molecule has 2 aromatic rings. The van der Waals surface area contributed by atoms with Crippen LogP contribution in [-0.2, 0) is 28.4 Å². The van der Waals surface area contributed by atoms with Gasteiger partial charge in [-0.3, -0.25) is 4.52 Å². The number of phosphoric ester groups is 1. The molecule has 7 heteroatoms. The Morgan fingerprint density at radius 1 is 1.16 bits per heavy atom. The van der Waals surface area contributed by atoms with Crippen molar-refractivity contribution < 1.29 is 23.6 Å². The van der Waals surface area contributed by atoms with E-state index in [1.165, 1.54) is 35.1 Å². The standard InChI is InChI=1S/C25H34NO5P/c1-30-24-5-3-2-4-19(24)8-6-18-7-9-21-15-22(11-10-20(21)14-18)23-12-13-25(26,16-23)17-31-32(27,28)29/h2-5,10-11,15,18,23H,6-9,12-14,16-17,26H2,1H3,(H2,27,28,29)/t18-,23-,25-/m0/s1. The van der Waals surface area contributed by atoms with E-state index in [2.05, 4.69) is 30.3 Å². The van der Waals surface area contributed by atoms with Gasteiger partial charge in [-0.2, -0.15) is 0 Å². The highest BCUT2D eigenvalue weighted by Crippen LogP contribution is 2.44. The van der Waals surface area contributed by atoms with Gasteiger partial charge in [0.25, 0.3) is 0 Å². The summed E-state index contributed by atoms with van der Waals surface area (Å²) in [4.78, 5) is 18.0. The fraction of sp³-hybridized carbons (Fsp3) is 0.520. The average molecular weight is 460 g/mol. The fourth-order valence-electron chi connectivity index (χ4n) is 5.40. The minimum absolute atomic E-state index is 0.105. The molecule has 1 fully saturated rings. The van der Waals surface area contributed by atoms with E-state index in [-0.39, 0.29) is 6.61 Å². The van der Waals surface area contributed by atoms with Gasteiger partial charge in [-0.25, -0.2) is 4.57 Å². The molecule has 0 aromatic heterocycles. The molecular formula is C25H34NO5P. The number of nitrogens with two attached hydrogens (primary N) is 1. The lowest BCUT2D eigenvalue weighted by Crippen LogP contribution is -2.41. The van der Waals surface area contributed by atoms with Crippen LogP contribution in [0.1, 0.15) is 60.3 Å². The number of benzene rings is 2. The summed E-state index contributed by atoms with van der Waals surface area (Å²) in [6.45, 7) is -0.105. The predicted molar refractivity (Wildman–Crippen MR) is 125 cm³/mol. The number of phosphoric acid groups is 1. The van der Waals surface area contributed by atoms with Gasteiger partial charge in [-0.15, -0.1) is 0 Å². The lowest BCUT2D eigenvalue weighted by atomic mass is 9.79. The van der Waals surface area contributed by atoms with Gasteiger partial charge in [0.2, 0.25) is 0 Å². The molecule has 0 amide bonds. The van der Waals surface area contributed by atoms with Crippen LogP contribution in [0, 0.1) is 5.92 Å². The average Bonchev–Trinajstić information content (AvgIpc) is 3.18. The molecule has 2 aromatic carbocycles. The van der Waals surface area contributed by atoms with Gasteiger partial charge < -0.3 is 20.3 Å². The normalized spacial score (nSPS) is 25.5. The Kier molecular flexibility index (Phi) is 7.09. The summed E-state index contributed by atoms with van der Waals surface area (Å²) < 4.78 is 21.2. The van der Waals surface area contributed by atoms with Gasteiger partial charge in [0.1, 0.15) is 5.75 Å². The third-order valence-electron chi connectivity index (χ3n) is 7.21. The summed E-state index contributed by atoms with van der Waals surface area (Å²) in [6.07, 6.45) is 7.94. The molecule has 6 nitrogen and oxygen atoms in total. The fourth-order valence-corrected chi connectivity index (χ4v) is 5.83. The van der Waals surface area contributed by atoms with E-state index in [9.17, 15) is 4.57 Å². The molecule has 2 aliphatic rings. The first kappa shape index (κ1) is 23.5. The molecular weight excluding hydrogens is 425 g/mol. The second kappa shape index (κ2) is 9.66. The van der Waals surface area contributed by atoms with Crippen molar-refractivity contribution in [2.24, 2.45) is 11.7 Å². The van der Waals surface area contributed by atoms with Crippen LogP contribution in [-0.4, -0.2) is 29.0 Å². The van der Waals surface area contributed by atoms with E-state index in [4.69, 9.17) is 24.8 Å². The maximum atomic E-state index is 11.0. The molecule has 2 aliphatic carbocycles. The Balaban J connectivity index is 1.35. The minimum atomic E-state index is -4.49. The maximum Gasteiger partial charge on any atom is 0.469 e. The van der Waals surface area contributed by atoms with Gasteiger partial charge in [-0.1, -0.05) is 36.4 Å². The summed E-state index contributed by atoms with van der Waals surface area (Å²) in [7, 11) is -2.76. The van der Waals surface area contributed by atoms with Crippen LogP contribution in [0.5, 0.6) is 5.75 Å². The summed E-state index contributed by atoms with van der Waals surface area (Å²) in [5.41, 5.74) is 11.2. The second-order valence-electron chi connectivity index (χ2n) is 9.55. The minimum Gasteiger partial charge on any atom is -0.496 e. The summed E-state index contributed by atoms with van der Waals surface area (Å²) in [5.74, 6) is 1.98. The van der Waals surface area contributed by atoms with Crippen molar-refractivity contribution in [2.45, 2.75) is 62.8 Å². The molecule has 0 unspecified atom stereocenters. The first-order chi connectivity index (χ1) is 15.2. The van der Waals surface area contributed by atoms with Crippen LogP contribution in [0.3, 0.4) is 0 Å². The number of hydrogen-bond acceptors (Lipinski definition) is 4. The maximum absolute atomic E-state index is 11.0. The molecule has 4 N–H and O–H groups in total. The van der Waals surface area contributed by atoms with Crippen LogP contribution in [0.4, 0.5) is 0 Å². The zero-order valence-electron chi connectivity index (χ0n) is 18.7. The van der Waals surface area contributed by atoms with E-state index in [0.717, 1.165) is 31.4 Å². The van der Waals surface area contributed by atoms with Crippen LogP contribution in [0.25, 0.3) is 0 Å². The number of ether oxygens (including phenoxy) is 1. The smallest absolute Gasteiger partial charge is 0.469 e. The Hall–Kier alpha value is -1.69. The third-order valence-corrected chi connectivity index (χ3v) is 7.68. The highest BCUT2D eigenvalue weighted by atomic mass is 31.2. The van der Waals surface area contributed by atoms with Crippen molar-refractivity contribution in [1.82, 2.24) is 0 Å². The summed E-state index contributed by atoms with van der Waals surface area (Å²) >= 11 is 0. The van der Waals surface area contributed by atoms with Crippen LogP contribution in [0.15, 0.2) is 42.5 Å². The van der Waals surface area contributed by atoms with Crippen molar-refractivity contribution in [3.05, 3.63) is 64.7 Å². The molecule has 0 spiro atoms. The van der Waals surface area contributed by atoms with Crippen LogP contribution in [0.2, 0.25) is 0 Å². The summed E-state index contributed by atoms with van der Waals surface area (Å²) in [6, 6.07) is 15.1. The third kappa shape index (κ3) is 5.81. The number of hydrogen-bond donors (Lipinski definition) is 3. The zero-order valence-corrected chi connectivity index (χ0v) is 19.6. The summed E-state index contributed by atoms with van der Waals surface area (Å²) in [5, 5.41) is 0. The predicted octanol–water partition coefficient (Wildman–Crippen LogP) is 4.51. The van der Waals surface area contributed by atoms with E-state index in [0.29, 0.717) is 24.7 Å². The molecule has 0 saturated heterocycles. The lowest BCUT2D eigenvalue weighted by Gasteiger charge is -2.27. The molecule has 3 atom stereocenters. The molecule has 32 heavy (non-hydrogen) atoms. The Morgan fingerprint density at radius 3 is 2.75 bits per heavy atom. The first-order valence-corrected chi connectivity index (χ1v) is 13.0. The number of methoxy groups -OCH3 is 1. The van der Waals surface area contributed by atoms with E-state index in [1.807, 2.05) is 12.1 Å². The van der Waals surface area contributed by atoms with Gasteiger partial charge in [0.15, 0.2) is 0 Å². The zero-order chi connectivity index (χ0) is 22.8. The quantitative estimate of drug-likeness (QED) is 0.502.